The highest BCUT2D eigenvalue weighted by atomic mass is 32.1. The molecule has 0 spiro atoms. The Morgan fingerprint density at radius 1 is 1.24 bits per heavy atom. The second-order valence-corrected chi connectivity index (χ2v) is 6.42. The number of nitrogens with two attached hydrogens (primary N) is 1. The summed E-state index contributed by atoms with van der Waals surface area (Å²) in [5.74, 6) is -0.971. The van der Waals surface area contributed by atoms with Crippen molar-refractivity contribution in [1.29, 1.82) is 0 Å². The summed E-state index contributed by atoms with van der Waals surface area (Å²) >= 11 is 1.16. The summed E-state index contributed by atoms with van der Waals surface area (Å²) in [7, 11) is 1.56. The molecule has 9 heteroatoms. The van der Waals surface area contributed by atoms with Crippen LogP contribution in [0, 0.1) is 5.82 Å². The van der Waals surface area contributed by atoms with E-state index in [0.29, 0.717) is 30.8 Å². The molecule has 1 aromatic heterocycles. The summed E-state index contributed by atoms with van der Waals surface area (Å²) in [4.78, 5) is 6.07. The van der Waals surface area contributed by atoms with Crippen molar-refractivity contribution in [1.82, 2.24) is 4.98 Å². The van der Waals surface area contributed by atoms with Gasteiger partial charge in [-0.15, -0.1) is 0 Å². The van der Waals surface area contributed by atoms with Crippen molar-refractivity contribution in [2.45, 2.75) is 19.5 Å². The van der Waals surface area contributed by atoms with Gasteiger partial charge in [-0.25, -0.2) is 9.37 Å². The second-order valence-electron chi connectivity index (χ2n) is 5.41. The summed E-state index contributed by atoms with van der Waals surface area (Å²) < 4.78 is 57.8. The first kappa shape index (κ1) is 19.5. The van der Waals surface area contributed by atoms with Crippen LogP contribution in [0.15, 0.2) is 18.2 Å². The minimum Gasteiger partial charge on any atom is -0.383 e. The van der Waals surface area contributed by atoms with Gasteiger partial charge in [0.25, 0.3) is 0 Å². The number of nitrogens with zero attached hydrogens (tertiary/aromatic N) is 2. The van der Waals surface area contributed by atoms with E-state index in [9.17, 15) is 17.6 Å². The molecule has 2 aromatic rings. The molecule has 0 saturated carbocycles. The van der Waals surface area contributed by atoms with Crippen LogP contribution in [0.3, 0.4) is 0 Å². The third kappa shape index (κ3) is 4.82. The largest absolute Gasteiger partial charge is 0.416 e. The normalized spacial score (nSPS) is 11.8. The smallest absolute Gasteiger partial charge is 0.383 e. The molecule has 0 aliphatic carbocycles. The Morgan fingerprint density at radius 2 is 1.96 bits per heavy atom. The Balaban J connectivity index is 2.51. The number of benzene rings is 1. The van der Waals surface area contributed by atoms with E-state index in [0.717, 1.165) is 29.9 Å². The van der Waals surface area contributed by atoms with Crippen LogP contribution >= 0.6 is 11.3 Å². The average Bonchev–Trinajstić information content (AvgIpc) is 2.92. The van der Waals surface area contributed by atoms with E-state index in [4.69, 9.17) is 10.5 Å². The van der Waals surface area contributed by atoms with E-state index >= 15 is 0 Å². The number of hydrogen-bond acceptors (Lipinski definition) is 5. The molecule has 25 heavy (non-hydrogen) atoms. The van der Waals surface area contributed by atoms with E-state index in [1.807, 2.05) is 11.8 Å². The quantitative estimate of drug-likeness (QED) is 0.726. The molecule has 2 N–H and O–H groups in total. The lowest BCUT2D eigenvalue weighted by Crippen LogP contribution is -2.27. The van der Waals surface area contributed by atoms with Gasteiger partial charge >= 0.3 is 6.18 Å². The summed E-state index contributed by atoms with van der Waals surface area (Å²) in [6, 6.07) is 2.39. The number of ether oxygens (including phenoxy) is 1. The number of aromatic nitrogens is 1. The predicted molar refractivity (Wildman–Crippen MR) is 91.3 cm³/mol. The molecule has 4 nitrogen and oxygen atoms in total. The van der Waals surface area contributed by atoms with Crippen molar-refractivity contribution >= 4 is 21.5 Å². The maximum Gasteiger partial charge on any atom is 0.416 e. The second kappa shape index (κ2) is 8.01. The molecule has 138 valence electrons. The monoisotopic (exact) mass is 377 g/mol. The van der Waals surface area contributed by atoms with Gasteiger partial charge in [-0.3, -0.25) is 0 Å². The molecule has 0 bridgehead atoms. The Morgan fingerprint density at radius 3 is 2.56 bits per heavy atom. The number of rotatable bonds is 7. The van der Waals surface area contributed by atoms with Gasteiger partial charge in [-0.05, 0) is 24.6 Å². The van der Waals surface area contributed by atoms with Crippen LogP contribution in [0.4, 0.5) is 27.7 Å². The maximum atomic E-state index is 13.7. The lowest BCUT2D eigenvalue weighted by molar-refractivity contribution is -0.137. The number of nitrogen functional groups attached to an aromatic ring is 1. The van der Waals surface area contributed by atoms with E-state index in [1.165, 1.54) is 0 Å². The predicted octanol–water partition coefficient (Wildman–Crippen LogP) is 4.41. The molecule has 0 amide bonds. The summed E-state index contributed by atoms with van der Waals surface area (Å²) in [6.07, 6.45) is -3.82. The molecule has 0 atom stereocenters. The number of hydrogen-bond donors (Lipinski definition) is 1. The minimum atomic E-state index is -4.64. The van der Waals surface area contributed by atoms with E-state index in [1.54, 1.807) is 7.11 Å². The third-order valence-electron chi connectivity index (χ3n) is 3.47. The highest BCUT2D eigenvalue weighted by Crippen LogP contribution is 2.40. The molecule has 0 saturated heterocycles. The third-order valence-corrected chi connectivity index (χ3v) is 4.42. The zero-order valence-corrected chi connectivity index (χ0v) is 14.7. The van der Waals surface area contributed by atoms with Gasteiger partial charge in [0, 0.05) is 25.8 Å². The van der Waals surface area contributed by atoms with Gasteiger partial charge in [-0.1, -0.05) is 18.3 Å². The van der Waals surface area contributed by atoms with Crippen molar-refractivity contribution in [2.75, 3.05) is 37.4 Å². The molecule has 1 aromatic carbocycles. The summed E-state index contributed by atoms with van der Waals surface area (Å²) in [5, 5.41) is 0.816. The zero-order chi connectivity index (χ0) is 18.6. The van der Waals surface area contributed by atoms with Crippen LogP contribution in [0.2, 0.25) is 0 Å². The van der Waals surface area contributed by atoms with E-state index in [-0.39, 0.29) is 16.4 Å². The van der Waals surface area contributed by atoms with Crippen molar-refractivity contribution in [3.63, 3.8) is 0 Å². The topological polar surface area (TPSA) is 51.4 Å². The Hall–Kier alpha value is -1.87. The van der Waals surface area contributed by atoms with Crippen molar-refractivity contribution in [3.05, 3.63) is 29.6 Å². The molecule has 0 radical (unpaired) electrons. The summed E-state index contributed by atoms with van der Waals surface area (Å²) in [5.41, 5.74) is 5.02. The fourth-order valence-corrected chi connectivity index (χ4v) is 3.31. The van der Waals surface area contributed by atoms with Crippen molar-refractivity contribution < 1.29 is 22.3 Å². The molecule has 0 fully saturated rings. The van der Waals surface area contributed by atoms with Crippen LogP contribution in [-0.4, -0.2) is 31.8 Å². The van der Waals surface area contributed by atoms with Gasteiger partial charge in [0.05, 0.1) is 12.2 Å². The van der Waals surface area contributed by atoms with Gasteiger partial charge < -0.3 is 15.4 Å². The fourth-order valence-electron chi connectivity index (χ4n) is 2.41. The molecular weight excluding hydrogens is 358 g/mol. The van der Waals surface area contributed by atoms with Gasteiger partial charge in [0.1, 0.15) is 16.5 Å². The van der Waals surface area contributed by atoms with Crippen LogP contribution in [0.1, 0.15) is 18.9 Å². The summed E-state index contributed by atoms with van der Waals surface area (Å²) in [6.45, 7) is 3.60. The van der Waals surface area contributed by atoms with Crippen LogP contribution < -0.4 is 10.6 Å². The van der Waals surface area contributed by atoms with Gasteiger partial charge in [0.15, 0.2) is 5.13 Å². The molecular formula is C16H19F4N3OS. The van der Waals surface area contributed by atoms with Gasteiger partial charge in [0.2, 0.25) is 0 Å². The Kier molecular flexibility index (Phi) is 6.23. The molecule has 0 aliphatic heterocycles. The molecule has 0 unspecified atom stereocenters. The molecule has 0 aliphatic rings. The standard InChI is InChI=1S/C16H19F4N3OS/c1-3-4-23(5-6-24-2)14-13(22-15(21)25-14)10-7-11(16(18,19)20)9-12(17)8-10/h7-9H,3-6H2,1-2H3,(H2,21,22). The number of anilines is 2. The highest BCUT2D eigenvalue weighted by Gasteiger charge is 2.32. The van der Waals surface area contributed by atoms with Crippen LogP contribution in [-0.2, 0) is 10.9 Å². The molecule has 2 rings (SSSR count). The van der Waals surface area contributed by atoms with Crippen molar-refractivity contribution in [2.24, 2.45) is 0 Å². The lowest BCUT2D eigenvalue weighted by Gasteiger charge is -2.23. The first-order valence-corrected chi connectivity index (χ1v) is 8.46. The maximum absolute atomic E-state index is 13.7. The van der Waals surface area contributed by atoms with Crippen LogP contribution in [0.25, 0.3) is 11.3 Å². The zero-order valence-electron chi connectivity index (χ0n) is 13.9. The fraction of sp³-hybridized carbons (Fsp3) is 0.438. The van der Waals surface area contributed by atoms with Crippen LogP contribution in [0.5, 0.6) is 0 Å². The van der Waals surface area contributed by atoms with E-state index in [2.05, 4.69) is 4.98 Å². The highest BCUT2D eigenvalue weighted by molar-refractivity contribution is 7.19. The van der Waals surface area contributed by atoms with Crippen molar-refractivity contribution in [3.8, 4) is 11.3 Å². The number of thiazole rings is 1. The first-order chi connectivity index (χ1) is 11.8. The SMILES string of the molecule is CCCN(CCOC)c1sc(N)nc1-c1cc(F)cc(C(F)(F)F)c1. The Labute approximate surface area is 147 Å². The number of halogens is 4. The number of methoxy groups -OCH3 is 1. The average molecular weight is 377 g/mol. The van der Waals surface area contributed by atoms with E-state index < -0.39 is 17.6 Å². The minimum absolute atomic E-state index is 0.0498. The Bertz CT molecular complexity index is 718. The molecule has 1 heterocycles. The lowest BCUT2D eigenvalue weighted by atomic mass is 10.1. The van der Waals surface area contributed by atoms with Gasteiger partial charge in [-0.2, -0.15) is 13.2 Å². The number of alkyl halides is 3. The first-order valence-electron chi connectivity index (χ1n) is 7.64.